The first-order valence-electron chi connectivity index (χ1n) is 6.83. The van der Waals surface area contributed by atoms with Crippen molar-refractivity contribution in [2.75, 3.05) is 0 Å². The lowest BCUT2D eigenvalue weighted by molar-refractivity contribution is -0.141. The molecule has 0 saturated carbocycles. The summed E-state index contributed by atoms with van der Waals surface area (Å²) in [6.07, 6.45) is 1.67. The second-order valence-electron chi connectivity index (χ2n) is 5.19. The minimum absolute atomic E-state index is 0.295. The lowest BCUT2D eigenvalue weighted by Crippen LogP contribution is -2.13. The summed E-state index contributed by atoms with van der Waals surface area (Å²) in [4.78, 5) is 11.0. The first-order chi connectivity index (χ1) is 9.11. The van der Waals surface area contributed by atoms with Gasteiger partial charge < -0.3 is 5.11 Å². The number of carbonyl (C=O) groups is 1. The molecule has 0 heterocycles. The van der Waals surface area contributed by atoms with Gasteiger partial charge in [-0.05, 0) is 35.1 Å². The monoisotopic (exact) mass is 256 g/mol. The number of aliphatic carboxylic acids is 1. The van der Waals surface area contributed by atoms with Crippen LogP contribution < -0.4 is 0 Å². The van der Waals surface area contributed by atoms with E-state index in [1.807, 2.05) is 12.1 Å². The predicted octanol–water partition coefficient (Wildman–Crippen LogP) is 4.44. The van der Waals surface area contributed by atoms with Gasteiger partial charge in [0.05, 0.1) is 5.92 Å². The van der Waals surface area contributed by atoms with Crippen LogP contribution in [0.5, 0.6) is 0 Å². The van der Waals surface area contributed by atoms with Crippen LogP contribution in [0.1, 0.15) is 38.2 Å². The maximum absolute atomic E-state index is 11.0. The molecule has 0 aliphatic carbocycles. The molecule has 0 saturated heterocycles. The molecule has 2 rings (SSSR count). The van der Waals surface area contributed by atoms with Gasteiger partial charge in [0.1, 0.15) is 0 Å². The van der Waals surface area contributed by atoms with E-state index in [9.17, 15) is 4.79 Å². The minimum atomic E-state index is -0.709. The molecule has 19 heavy (non-hydrogen) atoms. The van der Waals surface area contributed by atoms with Crippen molar-refractivity contribution >= 4 is 16.7 Å². The molecular weight excluding hydrogens is 236 g/mol. The minimum Gasteiger partial charge on any atom is -0.481 e. The summed E-state index contributed by atoms with van der Waals surface area (Å²) in [7, 11) is 0. The van der Waals surface area contributed by atoms with Crippen LogP contribution in [0.3, 0.4) is 0 Å². The Kier molecular flexibility index (Phi) is 4.20. The van der Waals surface area contributed by atoms with Crippen molar-refractivity contribution in [1.82, 2.24) is 0 Å². The van der Waals surface area contributed by atoms with Crippen molar-refractivity contribution in [2.24, 2.45) is 5.92 Å². The summed E-state index contributed by atoms with van der Waals surface area (Å²) >= 11 is 0. The fraction of sp³-hybridized carbons (Fsp3) is 0.353. The van der Waals surface area contributed by atoms with Crippen LogP contribution in [-0.4, -0.2) is 11.1 Å². The van der Waals surface area contributed by atoms with Crippen molar-refractivity contribution < 1.29 is 9.90 Å². The summed E-state index contributed by atoms with van der Waals surface area (Å²) in [6.45, 7) is 3.90. The summed E-state index contributed by atoms with van der Waals surface area (Å²) in [5.74, 6) is -0.689. The highest BCUT2D eigenvalue weighted by atomic mass is 16.4. The van der Waals surface area contributed by atoms with Gasteiger partial charge in [-0.3, -0.25) is 4.79 Å². The van der Waals surface area contributed by atoms with Gasteiger partial charge in [-0.1, -0.05) is 56.3 Å². The molecule has 0 radical (unpaired) electrons. The molecule has 0 aliphatic rings. The maximum Gasteiger partial charge on any atom is 0.306 e. The molecule has 2 aromatic carbocycles. The number of carboxylic acid groups (broad SMARTS) is 1. The molecule has 2 nitrogen and oxygen atoms in total. The van der Waals surface area contributed by atoms with Crippen molar-refractivity contribution in [1.29, 1.82) is 0 Å². The number of hydrogen-bond acceptors (Lipinski definition) is 1. The Morgan fingerprint density at radius 1 is 1.16 bits per heavy atom. The standard InChI is InChI=1S/C17H20O2/c1-3-13(10-12(2)17(18)19)16-9-8-14-6-4-5-7-15(14)11-16/h4-9,11-13H,3,10H2,1-2H3,(H,18,19). The number of benzene rings is 2. The Labute approximate surface area is 114 Å². The van der Waals surface area contributed by atoms with Crippen LogP contribution in [0.4, 0.5) is 0 Å². The third-order valence-corrected chi connectivity index (χ3v) is 3.80. The third kappa shape index (κ3) is 3.14. The summed E-state index contributed by atoms with van der Waals surface area (Å²) < 4.78 is 0. The SMILES string of the molecule is CCC(CC(C)C(=O)O)c1ccc2ccccc2c1. The highest BCUT2D eigenvalue weighted by molar-refractivity contribution is 5.83. The summed E-state index contributed by atoms with van der Waals surface area (Å²) in [5, 5.41) is 11.5. The van der Waals surface area contributed by atoms with Crippen LogP contribution in [0.15, 0.2) is 42.5 Å². The quantitative estimate of drug-likeness (QED) is 0.858. The summed E-state index contributed by atoms with van der Waals surface area (Å²) in [6, 6.07) is 14.7. The van der Waals surface area contributed by atoms with Crippen LogP contribution in [0, 0.1) is 5.92 Å². The zero-order chi connectivity index (χ0) is 13.8. The highest BCUT2D eigenvalue weighted by Crippen LogP contribution is 2.29. The van der Waals surface area contributed by atoms with Gasteiger partial charge in [-0.15, -0.1) is 0 Å². The van der Waals surface area contributed by atoms with E-state index in [0.29, 0.717) is 12.3 Å². The smallest absolute Gasteiger partial charge is 0.306 e. The second-order valence-corrected chi connectivity index (χ2v) is 5.19. The zero-order valence-electron chi connectivity index (χ0n) is 11.5. The summed E-state index contributed by atoms with van der Waals surface area (Å²) in [5.41, 5.74) is 1.24. The topological polar surface area (TPSA) is 37.3 Å². The van der Waals surface area contributed by atoms with Gasteiger partial charge >= 0.3 is 5.97 Å². The first kappa shape index (κ1) is 13.6. The van der Waals surface area contributed by atoms with Gasteiger partial charge in [0.15, 0.2) is 0 Å². The molecule has 0 bridgehead atoms. The molecule has 1 N–H and O–H groups in total. The van der Waals surface area contributed by atoms with Crippen molar-refractivity contribution in [3.8, 4) is 0 Å². The van der Waals surface area contributed by atoms with E-state index in [4.69, 9.17) is 5.11 Å². The lowest BCUT2D eigenvalue weighted by atomic mass is 9.87. The Morgan fingerprint density at radius 3 is 2.47 bits per heavy atom. The molecule has 2 unspecified atom stereocenters. The van der Waals surface area contributed by atoms with Gasteiger partial charge in [0.25, 0.3) is 0 Å². The van der Waals surface area contributed by atoms with Crippen LogP contribution in [0.2, 0.25) is 0 Å². The number of fused-ring (bicyclic) bond motifs is 1. The second kappa shape index (κ2) is 5.87. The highest BCUT2D eigenvalue weighted by Gasteiger charge is 2.18. The van der Waals surface area contributed by atoms with Gasteiger partial charge in [0, 0.05) is 0 Å². The van der Waals surface area contributed by atoms with Gasteiger partial charge in [-0.2, -0.15) is 0 Å². The molecule has 0 aliphatic heterocycles. The van der Waals surface area contributed by atoms with E-state index in [1.54, 1.807) is 6.92 Å². The normalized spacial score (nSPS) is 14.2. The fourth-order valence-electron chi connectivity index (χ4n) is 2.53. The van der Waals surface area contributed by atoms with Crippen LogP contribution in [0.25, 0.3) is 10.8 Å². The van der Waals surface area contributed by atoms with E-state index in [0.717, 1.165) is 6.42 Å². The molecule has 0 aromatic heterocycles. The molecule has 2 aromatic rings. The van der Waals surface area contributed by atoms with E-state index in [2.05, 4.69) is 37.3 Å². The molecule has 100 valence electrons. The first-order valence-corrected chi connectivity index (χ1v) is 6.83. The van der Waals surface area contributed by atoms with Crippen molar-refractivity contribution in [2.45, 2.75) is 32.6 Å². The van der Waals surface area contributed by atoms with Crippen LogP contribution >= 0.6 is 0 Å². The average molecular weight is 256 g/mol. The Hall–Kier alpha value is -1.83. The number of hydrogen-bond donors (Lipinski definition) is 1. The zero-order valence-corrected chi connectivity index (χ0v) is 11.5. The Balaban J connectivity index is 2.27. The number of carboxylic acids is 1. The van der Waals surface area contributed by atoms with E-state index in [-0.39, 0.29) is 5.92 Å². The third-order valence-electron chi connectivity index (χ3n) is 3.80. The fourth-order valence-corrected chi connectivity index (χ4v) is 2.53. The van der Waals surface area contributed by atoms with E-state index in [1.165, 1.54) is 16.3 Å². The Bertz CT molecular complexity index is 574. The molecule has 0 spiro atoms. The molecule has 2 heteroatoms. The molecule has 0 amide bonds. The Morgan fingerprint density at radius 2 is 1.84 bits per heavy atom. The molecule has 2 atom stereocenters. The average Bonchev–Trinajstić information content (AvgIpc) is 2.43. The van der Waals surface area contributed by atoms with Crippen LogP contribution in [-0.2, 0) is 4.79 Å². The van der Waals surface area contributed by atoms with Crippen molar-refractivity contribution in [3.63, 3.8) is 0 Å². The molecular formula is C17H20O2. The lowest BCUT2D eigenvalue weighted by Gasteiger charge is -2.18. The van der Waals surface area contributed by atoms with Crippen molar-refractivity contribution in [3.05, 3.63) is 48.0 Å². The molecule has 0 fully saturated rings. The van der Waals surface area contributed by atoms with E-state index >= 15 is 0 Å². The maximum atomic E-state index is 11.0. The number of rotatable bonds is 5. The van der Waals surface area contributed by atoms with E-state index < -0.39 is 5.97 Å². The predicted molar refractivity (Wildman–Crippen MR) is 78.4 cm³/mol. The van der Waals surface area contributed by atoms with Gasteiger partial charge in [-0.25, -0.2) is 0 Å². The van der Waals surface area contributed by atoms with Gasteiger partial charge in [0.2, 0.25) is 0 Å². The largest absolute Gasteiger partial charge is 0.481 e.